The van der Waals surface area contributed by atoms with E-state index >= 15 is 0 Å². The Kier molecular flexibility index (Phi) is 5.48. The first-order valence-corrected chi connectivity index (χ1v) is 11.2. The Labute approximate surface area is 206 Å². The normalized spacial score (nSPS) is 12.9. The molecule has 5 rings (SSSR count). The molecule has 5 aromatic rings. The first-order chi connectivity index (χ1) is 16.8. The highest BCUT2D eigenvalue weighted by Gasteiger charge is 2.36. The average molecular weight is 481 g/mol. The number of aromatic nitrogens is 5. The summed E-state index contributed by atoms with van der Waals surface area (Å²) in [5, 5.41) is 0.601. The molecule has 1 atom stereocenters. The van der Waals surface area contributed by atoms with E-state index in [1.807, 2.05) is 35.9 Å². The summed E-state index contributed by atoms with van der Waals surface area (Å²) in [6.07, 6.45) is 8.97. The Bertz CT molecular complexity index is 1680. The van der Waals surface area contributed by atoms with Crippen LogP contribution in [0, 0.1) is 12.3 Å². The molecular weight excluding hydrogens is 460 g/mol. The van der Waals surface area contributed by atoms with E-state index in [9.17, 15) is 4.79 Å². The summed E-state index contributed by atoms with van der Waals surface area (Å²) < 4.78 is 3.41. The van der Waals surface area contributed by atoms with Crippen molar-refractivity contribution in [3.05, 3.63) is 111 Å². The fourth-order valence-corrected chi connectivity index (χ4v) is 4.41. The first kappa shape index (κ1) is 22.5. The summed E-state index contributed by atoms with van der Waals surface area (Å²) in [5.41, 5.74) is 10.8. The highest BCUT2D eigenvalue weighted by Crippen LogP contribution is 2.35. The number of imidazole rings is 1. The molecular formula is C27H21ClN6O. The lowest BCUT2D eigenvalue weighted by atomic mass is 9.84. The third-order valence-electron chi connectivity index (χ3n) is 6.19. The van der Waals surface area contributed by atoms with Gasteiger partial charge in [-0.2, -0.15) is 0 Å². The van der Waals surface area contributed by atoms with Crippen molar-refractivity contribution in [3.63, 3.8) is 0 Å². The molecule has 0 amide bonds. The number of terminal acetylenes is 1. The van der Waals surface area contributed by atoms with Crippen LogP contribution in [0.15, 0.2) is 78.0 Å². The molecule has 4 heterocycles. The van der Waals surface area contributed by atoms with Crippen LogP contribution in [0.1, 0.15) is 22.6 Å². The molecule has 0 bridgehead atoms. The van der Waals surface area contributed by atoms with Gasteiger partial charge in [-0.05, 0) is 42.0 Å². The molecule has 1 aromatic carbocycles. The maximum atomic E-state index is 12.8. The lowest BCUT2D eigenvalue weighted by Crippen LogP contribution is -2.41. The van der Waals surface area contributed by atoms with Crippen molar-refractivity contribution in [2.45, 2.75) is 5.54 Å². The number of rotatable bonds is 4. The van der Waals surface area contributed by atoms with E-state index in [0.717, 1.165) is 11.3 Å². The predicted octanol–water partition coefficient (Wildman–Crippen LogP) is 3.61. The smallest absolute Gasteiger partial charge is 0.251 e. The summed E-state index contributed by atoms with van der Waals surface area (Å²) in [4.78, 5) is 26.6. The third kappa shape index (κ3) is 3.69. The molecule has 35 heavy (non-hydrogen) atoms. The van der Waals surface area contributed by atoms with Crippen molar-refractivity contribution >= 4 is 22.6 Å². The highest BCUT2D eigenvalue weighted by molar-refractivity contribution is 6.30. The molecule has 4 aromatic heterocycles. The van der Waals surface area contributed by atoms with E-state index in [4.69, 9.17) is 28.7 Å². The van der Waals surface area contributed by atoms with Gasteiger partial charge in [0.2, 0.25) is 0 Å². The molecule has 0 fully saturated rings. The van der Waals surface area contributed by atoms with E-state index in [1.54, 1.807) is 54.5 Å². The standard InChI is InChI=1S/C27H21ClN6O/c1-4-19-6-5-7-21(31-19)20-14-25(35)34(3)22-12-13-23(32-26(20)22)27(29,24-15-30-16-33(24)2)17-8-10-18(28)11-9-17/h1,5-16H,29H2,2-3H3/t27-/m1/s1. The second-order valence-corrected chi connectivity index (χ2v) is 8.71. The maximum Gasteiger partial charge on any atom is 0.251 e. The van der Waals surface area contributed by atoms with Crippen molar-refractivity contribution < 1.29 is 0 Å². The summed E-state index contributed by atoms with van der Waals surface area (Å²) in [6, 6.07) is 17.9. The molecule has 0 spiro atoms. The number of pyridine rings is 3. The molecule has 7 nitrogen and oxygen atoms in total. The van der Waals surface area contributed by atoms with Gasteiger partial charge in [0, 0.05) is 30.7 Å². The van der Waals surface area contributed by atoms with Gasteiger partial charge in [-0.1, -0.05) is 35.7 Å². The van der Waals surface area contributed by atoms with Crippen LogP contribution in [0.3, 0.4) is 0 Å². The molecule has 0 unspecified atom stereocenters. The van der Waals surface area contributed by atoms with Crippen molar-refractivity contribution in [1.82, 2.24) is 24.1 Å². The Balaban J connectivity index is 1.84. The Hall–Kier alpha value is -4.25. The van der Waals surface area contributed by atoms with E-state index in [1.165, 1.54) is 6.07 Å². The fourth-order valence-electron chi connectivity index (χ4n) is 4.28. The number of nitrogens with two attached hydrogens (primary N) is 1. The number of aryl methyl sites for hydroxylation is 2. The average Bonchev–Trinajstić information content (AvgIpc) is 3.32. The summed E-state index contributed by atoms with van der Waals surface area (Å²) in [5.74, 6) is 2.54. The maximum absolute atomic E-state index is 12.8. The molecule has 2 N–H and O–H groups in total. The van der Waals surface area contributed by atoms with Gasteiger partial charge in [0.05, 0.1) is 40.6 Å². The molecule has 0 aliphatic rings. The van der Waals surface area contributed by atoms with Gasteiger partial charge in [0.1, 0.15) is 11.2 Å². The van der Waals surface area contributed by atoms with E-state index < -0.39 is 5.54 Å². The Morgan fingerprint density at radius 3 is 2.51 bits per heavy atom. The summed E-state index contributed by atoms with van der Waals surface area (Å²) in [6.45, 7) is 0. The van der Waals surface area contributed by atoms with E-state index in [2.05, 4.69) is 15.9 Å². The van der Waals surface area contributed by atoms with Gasteiger partial charge >= 0.3 is 0 Å². The third-order valence-corrected chi connectivity index (χ3v) is 6.44. The van der Waals surface area contributed by atoms with Gasteiger partial charge in [-0.15, -0.1) is 6.42 Å². The second-order valence-electron chi connectivity index (χ2n) is 8.28. The number of halogens is 1. The lowest BCUT2D eigenvalue weighted by molar-refractivity contribution is 0.580. The molecule has 0 saturated heterocycles. The number of hydrogen-bond donors (Lipinski definition) is 1. The fraction of sp³-hybridized carbons (Fsp3) is 0.111. The van der Waals surface area contributed by atoms with Crippen LogP contribution in [0.25, 0.3) is 22.3 Å². The van der Waals surface area contributed by atoms with Gasteiger partial charge in [0.25, 0.3) is 5.56 Å². The van der Waals surface area contributed by atoms with Crippen molar-refractivity contribution in [2.24, 2.45) is 19.8 Å². The summed E-state index contributed by atoms with van der Waals surface area (Å²) in [7, 11) is 3.59. The summed E-state index contributed by atoms with van der Waals surface area (Å²) >= 11 is 6.16. The Morgan fingerprint density at radius 2 is 1.83 bits per heavy atom. The predicted molar refractivity (Wildman–Crippen MR) is 137 cm³/mol. The topological polar surface area (TPSA) is 91.6 Å². The molecule has 0 aliphatic carbocycles. The van der Waals surface area contributed by atoms with Crippen molar-refractivity contribution in [3.8, 4) is 23.6 Å². The minimum Gasteiger partial charge on any atom is -0.335 e. The van der Waals surface area contributed by atoms with E-state index in [0.29, 0.717) is 38.7 Å². The largest absolute Gasteiger partial charge is 0.335 e. The van der Waals surface area contributed by atoms with Crippen LogP contribution in [0.5, 0.6) is 0 Å². The van der Waals surface area contributed by atoms with Crippen LogP contribution in [0.4, 0.5) is 0 Å². The number of fused-ring (bicyclic) bond motifs is 1. The minimum absolute atomic E-state index is 0.182. The first-order valence-electron chi connectivity index (χ1n) is 10.8. The van der Waals surface area contributed by atoms with Crippen LogP contribution in [-0.2, 0) is 19.6 Å². The zero-order valence-electron chi connectivity index (χ0n) is 19.1. The number of hydrogen-bond acceptors (Lipinski definition) is 5. The van der Waals surface area contributed by atoms with Gasteiger partial charge in [-0.3, -0.25) is 4.79 Å². The zero-order valence-corrected chi connectivity index (χ0v) is 19.9. The lowest BCUT2D eigenvalue weighted by Gasteiger charge is -2.30. The van der Waals surface area contributed by atoms with Gasteiger partial charge in [0.15, 0.2) is 0 Å². The number of benzene rings is 1. The molecule has 0 aliphatic heterocycles. The van der Waals surface area contributed by atoms with Crippen LogP contribution in [0.2, 0.25) is 5.02 Å². The SMILES string of the molecule is C#Cc1cccc(-c2cc(=O)n(C)c3ccc([C@](N)(c4ccc(Cl)cc4)c4cncn4C)nc23)n1. The second kappa shape index (κ2) is 8.51. The number of nitrogens with zero attached hydrogens (tertiary/aromatic N) is 5. The van der Waals surface area contributed by atoms with Crippen LogP contribution in [-0.4, -0.2) is 24.1 Å². The molecule has 0 saturated carbocycles. The van der Waals surface area contributed by atoms with Crippen LogP contribution < -0.4 is 11.3 Å². The van der Waals surface area contributed by atoms with Gasteiger partial charge < -0.3 is 14.9 Å². The molecule has 8 heteroatoms. The quantitative estimate of drug-likeness (QED) is 0.397. The van der Waals surface area contributed by atoms with Gasteiger partial charge in [-0.25, -0.2) is 15.0 Å². The minimum atomic E-state index is -1.15. The monoisotopic (exact) mass is 480 g/mol. The van der Waals surface area contributed by atoms with E-state index in [-0.39, 0.29) is 5.56 Å². The zero-order chi connectivity index (χ0) is 24.7. The Morgan fingerprint density at radius 1 is 1.06 bits per heavy atom. The molecule has 0 radical (unpaired) electrons. The van der Waals surface area contributed by atoms with Crippen molar-refractivity contribution in [2.75, 3.05) is 0 Å². The van der Waals surface area contributed by atoms with Crippen LogP contribution >= 0.6 is 11.6 Å². The highest BCUT2D eigenvalue weighted by atomic mass is 35.5. The van der Waals surface area contributed by atoms with Crippen molar-refractivity contribution in [1.29, 1.82) is 0 Å². The molecule has 172 valence electrons.